The topological polar surface area (TPSA) is 123 Å². The maximum atomic E-state index is 10.9. The van der Waals surface area contributed by atoms with Crippen molar-refractivity contribution in [1.29, 1.82) is 0 Å². The highest BCUT2D eigenvalue weighted by Crippen LogP contribution is 2.30. The van der Waals surface area contributed by atoms with Crippen LogP contribution in [0.15, 0.2) is 29.4 Å². The summed E-state index contributed by atoms with van der Waals surface area (Å²) in [6.45, 7) is 3.49. The number of nitro benzene ring substituents is 1. The number of carboxylic acids is 1. The van der Waals surface area contributed by atoms with Gasteiger partial charge in [0.15, 0.2) is 5.52 Å². The van der Waals surface area contributed by atoms with E-state index in [4.69, 9.17) is 5.11 Å². The number of hydrogen-bond acceptors (Lipinski definition) is 7. The standard InChI is InChI=1S/C11H10N4O5/c1-2-5-14(6-9(16)17)7-3-4-8(15(18)19)11-10(7)12-20-13-11/h2-4H,1,5-6H2,(H,16,17). The van der Waals surface area contributed by atoms with E-state index in [1.165, 1.54) is 23.1 Å². The molecule has 0 fully saturated rings. The van der Waals surface area contributed by atoms with E-state index in [-0.39, 0.29) is 29.8 Å². The van der Waals surface area contributed by atoms with Crippen molar-refractivity contribution in [2.45, 2.75) is 0 Å². The summed E-state index contributed by atoms with van der Waals surface area (Å²) < 4.78 is 4.53. The van der Waals surface area contributed by atoms with Gasteiger partial charge in [-0.2, -0.15) is 0 Å². The molecule has 1 heterocycles. The average Bonchev–Trinajstić information content (AvgIpc) is 2.85. The quantitative estimate of drug-likeness (QED) is 0.475. The van der Waals surface area contributed by atoms with Gasteiger partial charge < -0.3 is 10.0 Å². The lowest BCUT2D eigenvalue weighted by atomic mass is 10.2. The van der Waals surface area contributed by atoms with Crippen molar-refractivity contribution in [3.63, 3.8) is 0 Å². The number of fused-ring (bicyclic) bond motifs is 1. The Morgan fingerprint density at radius 2 is 2.20 bits per heavy atom. The van der Waals surface area contributed by atoms with Crippen molar-refractivity contribution in [3.05, 3.63) is 34.9 Å². The number of benzene rings is 1. The maximum absolute atomic E-state index is 10.9. The van der Waals surface area contributed by atoms with Crippen LogP contribution in [-0.4, -0.2) is 39.4 Å². The summed E-state index contributed by atoms with van der Waals surface area (Å²) in [5.74, 6) is -1.05. The molecule has 0 saturated heterocycles. The van der Waals surface area contributed by atoms with Crippen LogP contribution in [0.5, 0.6) is 0 Å². The number of aliphatic carboxylic acids is 1. The van der Waals surface area contributed by atoms with E-state index >= 15 is 0 Å². The second-order valence-electron chi connectivity index (χ2n) is 3.89. The third-order valence-corrected chi connectivity index (χ3v) is 2.59. The number of non-ortho nitro benzene ring substituents is 1. The van der Waals surface area contributed by atoms with Crippen LogP contribution in [-0.2, 0) is 4.79 Å². The van der Waals surface area contributed by atoms with Gasteiger partial charge in [-0.3, -0.25) is 14.9 Å². The Morgan fingerprint density at radius 1 is 1.50 bits per heavy atom. The van der Waals surface area contributed by atoms with Crippen LogP contribution in [0.25, 0.3) is 11.0 Å². The Morgan fingerprint density at radius 3 is 2.80 bits per heavy atom. The van der Waals surface area contributed by atoms with E-state index < -0.39 is 10.9 Å². The van der Waals surface area contributed by atoms with Crippen molar-refractivity contribution < 1.29 is 19.5 Å². The Hall–Kier alpha value is -2.97. The van der Waals surface area contributed by atoms with Gasteiger partial charge in [-0.05, 0) is 16.4 Å². The first-order valence-corrected chi connectivity index (χ1v) is 5.52. The molecule has 9 heteroatoms. The molecular weight excluding hydrogens is 268 g/mol. The number of rotatable bonds is 6. The molecule has 9 nitrogen and oxygen atoms in total. The Labute approximate surface area is 112 Å². The van der Waals surface area contributed by atoms with Crippen LogP contribution in [0.1, 0.15) is 0 Å². The Kier molecular flexibility index (Phi) is 3.60. The van der Waals surface area contributed by atoms with Crippen LogP contribution >= 0.6 is 0 Å². The lowest BCUT2D eigenvalue weighted by Crippen LogP contribution is -2.29. The van der Waals surface area contributed by atoms with E-state index in [1.54, 1.807) is 0 Å². The molecule has 0 radical (unpaired) electrons. The fourth-order valence-electron chi connectivity index (χ4n) is 1.81. The average molecular weight is 278 g/mol. The molecule has 0 aliphatic heterocycles. The monoisotopic (exact) mass is 278 g/mol. The molecule has 0 spiro atoms. The molecule has 0 bridgehead atoms. The van der Waals surface area contributed by atoms with E-state index in [9.17, 15) is 14.9 Å². The second kappa shape index (κ2) is 5.34. The lowest BCUT2D eigenvalue weighted by Gasteiger charge is -2.20. The summed E-state index contributed by atoms with van der Waals surface area (Å²) in [5.41, 5.74) is 0.252. The number of nitro groups is 1. The van der Waals surface area contributed by atoms with Crippen molar-refractivity contribution >= 4 is 28.4 Å². The van der Waals surface area contributed by atoms with E-state index in [2.05, 4.69) is 21.5 Å². The molecule has 0 atom stereocenters. The molecule has 104 valence electrons. The first kappa shape index (κ1) is 13.5. The largest absolute Gasteiger partial charge is 0.480 e. The molecule has 1 aromatic heterocycles. The van der Waals surface area contributed by atoms with Crippen LogP contribution < -0.4 is 4.90 Å². The molecule has 2 rings (SSSR count). The van der Waals surface area contributed by atoms with Gasteiger partial charge in [-0.25, -0.2) is 4.63 Å². The molecule has 20 heavy (non-hydrogen) atoms. The maximum Gasteiger partial charge on any atom is 0.323 e. The smallest absolute Gasteiger partial charge is 0.323 e. The first-order valence-electron chi connectivity index (χ1n) is 5.52. The molecule has 1 aromatic carbocycles. The molecule has 0 aliphatic carbocycles. The van der Waals surface area contributed by atoms with Gasteiger partial charge in [0.25, 0.3) is 0 Å². The number of carbonyl (C=O) groups is 1. The van der Waals surface area contributed by atoms with E-state index in [0.717, 1.165) is 0 Å². The van der Waals surface area contributed by atoms with Gasteiger partial charge in [0, 0.05) is 12.6 Å². The van der Waals surface area contributed by atoms with Crippen molar-refractivity contribution in [2.75, 3.05) is 18.0 Å². The van der Waals surface area contributed by atoms with E-state index in [0.29, 0.717) is 5.69 Å². The summed E-state index contributed by atoms with van der Waals surface area (Å²) in [5, 5.41) is 26.9. The highest BCUT2D eigenvalue weighted by molar-refractivity contribution is 5.94. The fraction of sp³-hybridized carbons (Fsp3) is 0.182. The van der Waals surface area contributed by atoms with Crippen molar-refractivity contribution in [3.8, 4) is 0 Å². The fourth-order valence-corrected chi connectivity index (χ4v) is 1.81. The van der Waals surface area contributed by atoms with Crippen LogP contribution in [0.3, 0.4) is 0 Å². The summed E-state index contributed by atoms with van der Waals surface area (Å²) in [6, 6.07) is 2.65. The highest BCUT2D eigenvalue weighted by Gasteiger charge is 2.22. The highest BCUT2D eigenvalue weighted by atomic mass is 16.6. The minimum absolute atomic E-state index is 0.0213. The zero-order valence-electron chi connectivity index (χ0n) is 10.2. The summed E-state index contributed by atoms with van der Waals surface area (Å²) in [4.78, 5) is 22.6. The Balaban J connectivity index is 2.55. The van der Waals surface area contributed by atoms with E-state index in [1.807, 2.05) is 0 Å². The normalized spacial score (nSPS) is 10.4. The van der Waals surface area contributed by atoms with Crippen molar-refractivity contribution in [2.24, 2.45) is 0 Å². The summed E-state index contributed by atoms with van der Waals surface area (Å²) in [6.07, 6.45) is 1.52. The second-order valence-corrected chi connectivity index (χ2v) is 3.89. The summed E-state index contributed by atoms with van der Waals surface area (Å²) >= 11 is 0. The number of hydrogen-bond donors (Lipinski definition) is 1. The van der Waals surface area contributed by atoms with Gasteiger partial charge in [0.2, 0.25) is 5.52 Å². The van der Waals surface area contributed by atoms with Crippen LogP contribution in [0.2, 0.25) is 0 Å². The molecular formula is C11H10N4O5. The Bertz CT molecular complexity index is 681. The number of aromatic nitrogens is 2. The van der Waals surface area contributed by atoms with Gasteiger partial charge in [0.1, 0.15) is 6.54 Å². The molecule has 2 aromatic rings. The first-order chi connectivity index (χ1) is 9.54. The zero-order valence-corrected chi connectivity index (χ0v) is 10.2. The summed E-state index contributed by atoms with van der Waals surface area (Å²) in [7, 11) is 0. The third-order valence-electron chi connectivity index (χ3n) is 2.59. The minimum Gasteiger partial charge on any atom is -0.480 e. The molecule has 1 N–H and O–H groups in total. The minimum atomic E-state index is -1.05. The lowest BCUT2D eigenvalue weighted by molar-refractivity contribution is -0.383. The van der Waals surface area contributed by atoms with Crippen LogP contribution in [0, 0.1) is 10.1 Å². The van der Waals surface area contributed by atoms with Gasteiger partial charge in [-0.1, -0.05) is 6.08 Å². The predicted molar refractivity (Wildman–Crippen MR) is 68.5 cm³/mol. The zero-order chi connectivity index (χ0) is 14.7. The molecule has 0 aliphatic rings. The predicted octanol–water partition coefficient (Wildman–Crippen LogP) is 1.21. The van der Waals surface area contributed by atoms with Crippen molar-refractivity contribution in [1.82, 2.24) is 10.3 Å². The SMILES string of the molecule is C=CCN(CC(=O)O)c1ccc([N+](=O)[O-])c2nonc12. The van der Waals surface area contributed by atoms with Crippen LogP contribution in [0.4, 0.5) is 11.4 Å². The van der Waals surface area contributed by atoms with Gasteiger partial charge in [0.05, 0.1) is 10.6 Å². The number of nitrogens with zero attached hydrogens (tertiary/aromatic N) is 4. The molecule has 0 amide bonds. The third kappa shape index (κ3) is 2.41. The number of carboxylic acid groups (broad SMARTS) is 1. The molecule has 0 saturated carbocycles. The number of anilines is 1. The van der Waals surface area contributed by atoms with Gasteiger partial charge >= 0.3 is 11.7 Å². The molecule has 0 unspecified atom stereocenters. The van der Waals surface area contributed by atoms with Gasteiger partial charge in [-0.15, -0.1) is 6.58 Å².